The van der Waals surface area contributed by atoms with Crippen LogP contribution in [0.1, 0.15) is 33.2 Å². The first kappa shape index (κ1) is 17.7. The molecule has 0 radical (unpaired) electrons. The molecule has 0 N–H and O–H groups in total. The Morgan fingerprint density at radius 1 is 0.962 bits per heavy atom. The van der Waals surface area contributed by atoms with E-state index in [0.717, 1.165) is 16.2 Å². The number of carbonyl (C=O) groups excluding carboxylic acids is 3. The number of hydrogen-bond donors (Lipinski definition) is 0. The minimum atomic E-state index is -0.999. The van der Waals surface area contributed by atoms with Crippen molar-refractivity contribution in [3.63, 3.8) is 0 Å². The molecule has 0 fully saturated rings. The van der Waals surface area contributed by atoms with Crippen LogP contribution in [-0.4, -0.2) is 41.9 Å². The summed E-state index contributed by atoms with van der Waals surface area (Å²) in [6.45, 7) is 3.62. The molecule has 0 unspecified atom stereocenters. The molecule has 1 heterocycles. The zero-order valence-electron chi connectivity index (χ0n) is 14.6. The van der Waals surface area contributed by atoms with Crippen molar-refractivity contribution in [2.45, 2.75) is 19.9 Å². The summed E-state index contributed by atoms with van der Waals surface area (Å²) in [5.74, 6) is -0.887. The Labute approximate surface area is 151 Å². The number of esters is 1. The fourth-order valence-corrected chi connectivity index (χ4v) is 2.80. The number of imide groups is 1. The summed E-state index contributed by atoms with van der Waals surface area (Å²) in [5.41, 5.74) is 1.60. The Kier molecular flexibility index (Phi) is 5.02. The molecule has 1 atom stereocenters. The van der Waals surface area contributed by atoms with E-state index in [1.165, 1.54) is 6.92 Å². The van der Waals surface area contributed by atoms with Crippen LogP contribution in [0.25, 0.3) is 0 Å². The van der Waals surface area contributed by atoms with Gasteiger partial charge in [-0.3, -0.25) is 14.5 Å². The van der Waals surface area contributed by atoms with Gasteiger partial charge in [-0.2, -0.15) is 0 Å². The summed E-state index contributed by atoms with van der Waals surface area (Å²) < 4.78 is 10.7. The minimum absolute atomic E-state index is 0.0284. The van der Waals surface area contributed by atoms with Gasteiger partial charge in [0.15, 0.2) is 0 Å². The van der Waals surface area contributed by atoms with Gasteiger partial charge in [-0.05, 0) is 37.6 Å². The molecule has 0 spiro atoms. The monoisotopic (exact) mass is 353 g/mol. The fraction of sp³-hybridized carbons (Fsp3) is 0.250. The van der Waals surface area contributed by atoms with Gasteiger partial charge >= 0.3 is 5.97 Å². The molecule has 1 aliphatic rings. The number of fused-ring (bicyclic) bond motifs is 1. The van der Waals surface area contributed by atoms with Crippen LogP contribution in [0.2, 0.25) is 0 Å². The van der Waals surface area contributed by atoms with Gasteiger partial charge in [-0.25, -0.2) is 4.79 Å². The summed E-state index contributed by atoms with van der Waals surface area (Å²) in [7, 11) is 0. The van der Waals surface area contributed by atoms with Crippen LogP contribution in [0.4, 0.5) is 0 Å². The highest BCUT2D eigenvalue weighted by atomic mass is 16.6. The average molecular weight is 353 g/mol. The van der Waals surface area contributed by atoms with Crippen molar-refractivity contribution in [2.75, 3.05) is 13.2 Å². The van der Waals surface area contributed by atoms with Crippen LogP contribution in [0.5, 0.6) is 5.75 Å². The van der Waals surface area contributed by atoms with Gasteiger partial charge in [0, 0.05) is 0 Å². The lowest BCUT2D eigenvalue weighted by Gasteiger charge is -2.21. The molecule has 3 rings (SSSR count). The molecule has 6 heteroatoms. The van der Waals surface area contributed by atoms with E-state index < -0.39 is 23.8 Å². The molecule has 2 aromatic rings. The number of carbonyl (C=O) groups is 3. The van der Waals surface area contributed by atoms with Crippen molar-refractivity contribution in [1.29, 1.82) is 0 Å². The second-order valence-electron chi connectivity index (χ2n) is 5.98. The highest BCUT2D eigenvalue weighted by Gasteiger charge is 2.41. The molecule has 134 valence electrons. The number of benzene rings is 2. The maximum absolute atomic E-state index is 12.4. The molecule has 26 heavy (non-hydrogen) atoms. The largest absolute Gasteiger partial charge is 0.490 e. The summed E-state index contributed by atoms with van der Waals surface area (Å²) in [6.07, 6.45) is 0. The number of para-hydroxylation sites is 1. The third-order valence-electron chi connectivity index (χ3n) is 4.23. The Morgan fingerprint density at radius 3 is 2.15 bits per heavy atom. The zero-order valence-corrected chi connectivity index (χ0v) is 14.6. The Morgan fingerprint density at radius 2 is 1.54 bits per heavy atom. The van der Waals surface area contributed by atoms with Gasteiger partial charge in [0.2, 0.25) is 0 Å². The predicted molar refractivity (Wildman–Crippen MR) is 94.0 cm³/mol. The van der Waals surface area contributed by atoms with Crippen molar-refractivity contribution in [2.24, 2.45) is 0 Å². The number of nitrogens with zero attached hydrogens (tertiary/aromatic N) is 1. The van der Waals surface area contributed by atoms with E-state index in [0.29, 0.717) is 11.1 Å². The molecule has 1 aliphatic heterocycles. The number of amides is 2. The van der Waals surface area contributed by atoms with E-state index >= 15 is 0 Å². The second-order valence-corrected chi connectivity index (χ2v) is 5.98. The normalized spacial score (nSPS) is 14.2. The maximum atomic E-state index is 12.4. The van der Waals surface area contributed by atoms with Crippen molar-refractivity contribution in [3.05, 3.63) is 65.2 Å². The molecule has 6 nitrogen and oxygen atoms in total. The maximum Gasteiger partial charge on any atom is 0.329 e. The molecule has 2 amide bonds. The minimum Gasteiger partial charge on any atom is -0.490 e. The van der Waals surface area contributed by atoms with E-state index in [9.17, 15) is 14.4 Å². The van der Waals surface area contributed by atoms with Crippen LogP contribution in [-0.2, 0) is 9.53 Å². The van der Waals surface area contributed by atoms with Crippen molar-refractivity contribution in [1.82, 2.24) is 4.90 Å². The molecule has 0 aliphatic carbocycles. The first-order chi connectivity index (χ1) is 12.5. The van der Waals surface area contributed by atoms with Gasteiger partial charge in [-0.15, -0.1) is 0 Å². The van der Waals surface area contributed by atoms with Crippen LogP contribution in [0.3, 0.4) is 0 Å². The summed E-state index contributed by atoms with van der Waals surface area (Å²) in [4.78, 5) is 37.9. The highest BCUT2D eigenvalue weighted by Crippen LogP contribution is 2.24. The number of hydrogen-bond acceptors (Lipinski definition) is 5. The smallest absolute Gasteiger partial charge is 0.329 e. The van der Waals surface area contributed by atoms with Gasteiger partial charge in [-0.1, -0.05) is 30.3 Å². The van der Waals surface area contributed by atoms with Crippen molar-refractivity contribution < 1.29 is 23.9 Å². The van der Waals surface area contributed by atoms with E-state index in [2.05, 4.69) is 0 Å². The van der Waals surface area contributed by atoms with E-state index in [-0.39, 0.29) is 13.2 Å². The molecule has 0 saturated heterocycles. The summed E-state index contributed by atoms with van der Waals surface area (Å²) in [6, 6.07) is 13.0. The van der Waals surface area contributed by atoms with Crippen LogP contribution in [0.15, 0.2) is 48.5 Å². The van der Waals surface area contributed by atoms with Gasteiger partial charge in [0.25, 0.3) is 11.8 Å². The van der Waals surface area contributed by atoms with Gasteiger partial charge < -0.3 is 9.47 Å². The van der Waals surface area contributed by atoms with Crippen LogP contribution < -0.4 is 4.74 Å². The summed E-state index contributed by atoms with van der Waals surface area (Å²) >= 11 is 0. The SMILES string of the molecule is Cc1ccccc1OCCOC(=O)[C@@H](C)N1C(=O)c2ccccc2C1=O. The standard InChI is InChI=1S/C20H19NO5/c1-13-7-3-6-10-17(13)25-11-12-26-20(24)14(2)21-18(22)15-8-4-5-9-16(15)19(21)23/h3-10,14H,11-12H2,1-2H3/t14-/m1/s1. The zero-order chi connectivity index (χ0) is 18.7. The quantitative estimate of drug-likeness (QED) is 0.453. The van der Waals surface area contributed by atoms with E-state index in [1.54, 1.807) is 24.3 Å². The first-order valence-corrected chi connectivity index (χ1v) is 8.32. The molecular weight excluding hydrogens is 334 g/mol. The fourth-order valence-electron chi connectivity index (χ4n) is 2.80. The lowest BCUT2D eigenvalue weighted by Crippen LogP contribution is -2.44. The van der Waals surface area contributed by atoms with Gasteiger partial charge in [0.05, 0.1) is 11.1 Å². The highest BCUT2D eigenvalue weighted by molar-refractivity contribution is 6.22. The number of rotatable bonds is 6. The molecular formula is C20H19NO5. The van der Waals surface area contributed by atoms with E-state index in [1.807, 2.05) is 31.2 Å². The third-order valence-corrected chi connectivity index (χ3v) is 4.23. The third kappa shape index (κ3) is 3.31. The number of ether oxygens (including phenoxy) is 2. The molecule has 0 bridgehead atoms. The Hall–Kier alpha value is -3.15. The van der Waals surface area contributed by atoms with Crippen LogP contribution >= 0.6 is 0 Å². The Balaban J connectivity index is 1.55. The second kappa shape index (κ2) is 7.39. The molecule has 2 aromatic carbocycles. The molecule has 0 saturated carbocycles. The Bertz CT molecular complexity index is 826. The number of aryl methyl sites for hydroxylation is 1. The molecule has 0 aromatic heterocycles. The van der Waals surface area contributed by atoms with Crippen molar-refractivity contribution in [3.8, 4) is 5.75 Å². The van der Waals surface area contributed by atoms with Crippen LogP contribution in [0, 0.1) is 6.92 Å². The topological polar surface area (TPSA) is 72.9 Å². The lowest BCUT2D eigenvalue weighted by atomic mass is 10.1. The lowest BCUT2D eigenvalue weighted by molar-refractivity contribution is -0.148. The van der Waals surface area contributed by atoms with E-state index in [4.69, 9.17) is 9.47 Å². The predicted octanol–water partition coefficient (Wildman–Crippen LogP) is 2.60. The first-order valence-electron chi connectivity index (χ1n) is 8.32. The summed E-state index contributed by atoms with van der Waals surface area (Å²) in [5, 5.41) is 0. The van der Waals surface area contributed by atoms with Crippen molar-refractivity contribution >= 4 is 17.8 Å². The average Bonchev–Trinajstić information content (AvgIpc) is 2.90. The van der Waals surface area contributed by atoms with Gasteiger partial charge in [0.1, 0.15) is 25.0 Å².